The summed E-state index contributed by atoms with van der Waals surface area (Å²) in [4.78, 5) is 103. The summed E-state index contributed by atoms with van der Waals surface area (Å²) in [6, 6.07) is 18.6. The van der Waals surface area contributed by atoms with Gasteiger partial charge in [0.15, 0.2) is 0 Å². The van der Waals surface area contributed by atoms with Crippen molar-refractivity contribution in [3.05, 3.63) is 251 Å². The molecule has 8 aromatic carbocycles. The van der Waals surface area contributed by atoms with Crippen LogP contribution in [-0.4, -0.2) is 202 Å². The Labute approximate surface area is 870 Å². The van der Waals surface area contributed by atoms with Gasteiger partial charge in [-0.3, -0.25) is 38.4 Å². The number of benzene rings is 8. The summed E-state index contributed by atoms with van der Waals surface area (Å²) in [6.07, 6.45) is -46.5. The van der Waals surface area contributed by atoms with E-state index in [-0.39, 0.29) is 135 Å². The molecule has 8 aromatic rings. The molecule has 0 aliphatic heterocycles. The Bertz CT molecular complexity index is 6380. The lowest BCUT2D eigenvalue weighted by Crippen LogP contribution is -2.50. The number of anilines is 4. The fourth-order valence-electron chi connectivity index (χ4n) is 14.0. The van der Waals surface area contributed by atoms with Crippen LogP contribution >= 0.6 is 72.7 Å². The number of carbonyl (C=O) groups is 8. The van der Waals surface area contributed by atoms with Crippen molar-refractivity contribution in [2.45, 2.75) is 158 Å². The first-order valence-electron chi connectivity index (χ1n) is 41.2. The number of rotatable bonds is 28. The molecule has 8 N–H and O–H groups in total. The number of sulfone groups is 4. The van der Waals surface area contributed by atoms with Gasteiger partial charge in [-0.2, -0.15) is 105 Å². The maximum atomic E-state index is 14.4. The van der Waals surface area contributed by atoms with E-state index in [2.05, 4.69) is 58.5 Å². The van der Waals surface area contributed by atoms with Crippen LogP contribution in [0.5, 0.6) is 0 Å². The summed E-state index contributed by atoms with van der Waals surface area (Å²) in [5, 5.41) is 18.7. The normalized spacial score (nSPS) is 13.6. The van der Waals surface area contributed by atoms with E-state index < -0.39 is 216 Å². The monoisotopic (exact) mass is 2550 g/mol. The topological polar surface area (TPSA) is 369 Å². The second-order valence-electron chi connectivity index (χ2n) is 34.0. The van der Waals surface area contributed by atoms with Crippen molar-refractivity contribution in [2.75, 3.05) is 69.3 Å². The Hall–Kier alpha value is -10.4. The predicted octanol–water partition coefficient (Wildman–Crippen LogP) is 21.8. The van der Waals surface area contributed by atoms with Gasteiger partial charge in [-0.1, -0.05) is 84.4 Å². The number of carbonyl (C=O) groups excluding carboxylic acids is 8. The fraction of sp³-hybridized carbons (Fsp3) is 0.371. The minimum atomic E-state index is -6.31. The van der Waals surface area contributed by atoms with Crippen LogP contribution in [0.2, 0.25) is 5.02 Å². The van der Waals surface area contributed by atoms with Crippen LogP contribution in [0.4, 0.5) is 146 Å². The van der Waals surface area contributed by atoms with Crippen LogP contribution in [0, 0.1) is 34.8 Å². The van der Waals surface area contributed by atoms with Gasteiger partial charge in [0.2, 0.25) is 0 Å². The van der Waals surface area contributed by atoms with E-state index in [4.69, 9.17) is 11.6 Å². The molecule has 0 unspecified atom stereocenters. The third kappa shape index (κ3) is 32.4. The van der Waals surface area contributed by atoms with Crippen LogP contribution in [-0.2, 0) is 62.0 Å². The van der Waals surface area contributed by atoms with Crippen LogP contribution in [0.25, 0.3) is 0 Å². The standard InChI is InChI=1S/C23H22F7IN2O4S.C22H20BrF7N2O4S.C22H20ClF7N2O4S.C22H20F7IN2O4S/c1-12-10-13(21(24,22(25,26)27)23(28,29)30)8-9-16(12)32-18(34)14-6-5-7-15(31)17(14)19(35)33-20(2,3)11-38(4,36)37;2*1-11-9-13(20(24,21(25,26)27)22(28,29)30)7-8-16(11)32-18(33)14-5-4-6-15(23)17(14)19(34)31-12(2)10-37(3,35)36;1-11-9-13(20(23,21(24,25)26)22(27,28)29)7-8-16(11)32-18(33)14-5-4-6-15(30)17(14)19(34)31-12(2)10-37(3,35)36/h5-10H,11H2,1-4H3,(H,32,34)(H,33,35);3*4-9,12H,10H2,1-3H3,(H,31,34)(H,32,33)/t;3*12-/m.000/s1. The van der Waals surface area contributed by atoms with Gasteiger partial charge in [-0.25, -0.2) is 51.2 Å². The van der Waals surface area contributed by atoms with Gasteiger partial charge in [0.25, 0.3) is 47.3 Å². The molecule has 0 saturated heterocycles. The molecule has 60 heteroatoms. The molecule has 0 aliphatic rings. The third-order valence-electron chi connectivity index (χ3n) is 20.4. The second-order valence-corrected chi connectivity index (χ2v) is 46.3. The molecule has 0 bridgehead atoms. The van der Waals surface area contributed by atoms with Crippen molar-refractivity contribution in [1.29, 1.82) is 0 Å². The molecule has 0 spiro atoms. The van der Waals surface area contributed by atoms with Gasteiger partial charge >= 0.3 is 72.1 Å². The summed E-state index contributed by atoms with van der Waals surface area (Å²) in [5.41, 5.74) is -34.7. The summed E-state index contributed by atoms with van der Waals surface area (Å²) in [5.74, 6) is -8.74. The summed E-state index contributed by atoms with van der Waals surface area (Å²) in [6.45, 7) is 11.4. The highest BCUT2D eigenvalue weighted by molar-refractivity contribution is 14.1. The zero-order valence-electron chi connectivity index (χ0n) is 78.2. The number of amides is 8. The molecule has 822 valence electrons. The smallest absolute Gasteiger partial charge is 0.349 e. The van der Waals surface area contributed by atoms with E-state index in [1.54, 1.807) is 45.2 Å². The highest BCUT2D eigenvalue weighted by Crippen LogP contribution is 2.58. The Morgan fingerprint density at radius 1 is 0.309 bits per heavy atom. The third-order valence-corrected chi connectivity index (χ3v) is 27.8. The van der Waals surface area contributed by atoms with Gasteiger partial charge in [0, 0.05) is 105 Å². The van der Waals surface area contributed by atoms with Crippen molar-refractivity contribution < 1.29 is 195 Å². The summed E-state index contributed by atoms with van der Waals surface area (Å²) < 4.78 is 464. The molecule has 8 rings (SSSR count). The number of nitrogens with one attached hydrogen (secondary N) is 8. The molecule has 0 radical (unpaired) electrons. The van der Waals surface area contributed by atoms with Crippen molar-refractivity contribution >= 4 is 182 Å². The number of hydrogen-bond acceptors (Lipinski definition) is 16. The Balaban J connectivity index is 0.000000349. The molecule has 0 heterocycles. The second kappa shape index (κ2) is 47.5. The van der Waals surface area contributed by atoms with Crippen LogP contribution in [0.15, 0.2) is 150 Å². The fourth-order valence-corrected chi connectivity index (χ4v) is 20.6. The van der Waals surface area contributed by atoms with Crippen molar-refractivity contribution in [3.63, 3.8) is 0 Å². The Morgan fingerprint density at radius 3 is 0.758 bits per heavy atom. The molecule has 0 saturated carbocycles. The van der Waals surface area contributed by atoms with E-state index in [0.717, 1.165) is 52.7 Å². The van der Waals surface area contributed by atoms with E-state index >= 15 is 0 Å². The van der Waals surface area contributed by atoms with E-state index in [0.29, 0.717) is 55.7 Å². The number of aryl methyl sites for hydroxylation is 4. The molecule has 0 fully saturated rings. The van der Waals surface area contributed by atoms with Crippen molar-refractivity contribution in [1.82, 2.24) is 21.3 Å². The number of alkyl halides is 28. The minimum Gasteiger partial charge on any atom is -0.349 e. The lowest BCUT2D eigenvalue weighted by atomic mass is 9.92. The highest BCUT2D eigenvalue weighted by Gasteiger charge is 2.77. The number of hydrogen-bond donors (Lipinski definition) is 8. The molecule has 8 amide bonds. The Morgan fingerprint density at radius 2 is 0.523 bits per heavy atom. The molecular formula is C89H82BrClF28I2N8O16S4. The average Bonchev–Trinajstić information content (AvgIpc) is 0.750. The van der Waals surface area contributed by atoms with Crippen LogP contribution < -0.4 is 42.5 Å². The average molecular weight is 2550 g/mol. The highest BCUT2D eigenvalue weighted by atomic mass is 127. The largest absolute Gasteiger partial charge is 0.435 e. The molecule has 149 heavy (non-hydrogen) atoms. The zero-order chi connectivity index (χ0) is 115. The molecule has 24 nitrogen and oxygen atoms in total. The van der Waals surface area contributed by atoms with Gasteiger partial charge in [-0.05, 0) is 218 Å². The molecule has 0 aromatic heterocycles. The first-order valence-corrected chi connectivity index (χ1v) is 52.7. The van der Waals surface area contributed by atoms with Crippen molar-refractivity contribution in [2.24, 2.45) is 0 Å². The van der Waals surface area contributed by atoms with E-state index in [1.807, 2.05) is 0 Å². The first kappa shape index (κ1) is 129. The zero-order valence-corrected chi connectivity index (χ0v) is 88.1. The van der Waals surface area contributed by atoms with Crippen LogP contribution in [0.3, 0.4) is 0 Å². The van der Waals surface area contributed by atoms with Crippen molar-refractivity contribution in [3.8, 4) is 0 Å². The van der Waals surface area contributed by atoms with Gasteiger partial charge < -0.3 is 42.5 Å². The summed E-state index contributed by atoms with van der Waals surface area (Å²) >= 11 is 12.7. The molecule has 3 atom stereocenters. The van der Waals surface area contributed by atoms with Crippen LogP contribution in [0.1, 0.15) is 162 Å². The lowest BCUT2D eigenvalue weighted by molar-refractivity contribution is -0.349. The van der Waals surface area contributed by atoms with Gasteiger partial charge in [0.05, 0.1) is 72.5 Å². The minimum absolute atomic E-state index is 0.132. The summed E-state index contributed by atoms with van der Waals surface area (Å²) in [7, 11) is -13.8. The van der Waals surface area contributed by atoms with Gasteiger partial charge in [-0.15, -0.1) is 0 Å². The Kier molecular flexibility index (Phi) is 41.1. The molecular weight excluding hydrogens is 2470 g/mol. The SMILES string of the molecule is Cc1cc(C(F)(C(F)(F)F)C(F)(F)F)ccc1NC(=O)c1cccc(Br)c1C(=O)N[C@@H](C)CS(C)(=O)=O.Cc1cc(C(F)(C(F)(F)F)C(F)(F)F)ccc1NC(=O)c1cccc(Cl)c1C(=O)N[C@@H](C)CS(C)(=O)=O.Cc1cc(C(F)(C(F)(F)F)C(F)(F)F)ccc1NC(=O)c1cccc(I)c1C(=O)NC(C)(C)CS(C)(=O)=O.Cc1cc(C(F)(C(F)(F)F)C(F)(F)F)ccc1NC(=O)c1cccc(I)c1C(=O)N[C@@H](C)CS(C)(=O)=O. The maximum Gasteiger partial charge on any atom is 0.435 e. The quantitative estimate of drug-likeness (QED) is 0.0167. The predicted molar refractivity (Wildman–Crippen MR) is 511 cm³/mol. The number of halogens is 32. The van der Waals surface area contributed by atoms with E-state index in [1.165, 1.54) is 107 Å². The lowest BCUT2D eigenvalue weighted by Gasteiger charge is -2.30. The first-order chi connectivity index (χ1) is 67.1. The van der Waals surface area contributed by atoms with E-state index in [9.17, 15) is 195 Å². The molecule has 0 aliphatic carbocycles. The van der Waals surface area contributed by atoms with Gasteiger partial charge in [0.1, 0.15) is 39.3 Å². The maximum absolute atomic E-state index is 14.4.